The zero-order valence-corrected chi connectivity index (χ0v) is 11.4. The van der Waals surface area contributed by atoms with Crippen molar-refractivity contribution in [3.05, 3.63) is 28.8 Å². The molecule has 3 rings (SSSR count). The minimum Gasteiger partial charge on any atom is -0.372 e. The first-order valence-corrected chi connectivity index (χ1v) is 6.83. The molecule has 1 aliphatic carbocycles. The average Bonchev–Trinajstić information content (AvgIpc) is 3.13. The van der Waals surface area contributed by atoms with Crippen LogP contribution in [-0.4, -0.2) is 28.8 Å². The van der Waals surface area contributed by atoms with Gasteiger partial charge >= 0.3 is 0 Å². The van der Waals surface area contributed by atoms with Gasteiger partial charge in [0.05, 0.1) is 17.1 Å². The highest BCUT2D eigenvalue weighted by Crippen LogP contribution is 2.33. The Bertz CT molecular complexity index is 534. The summed E-state index contributed by atoms with van der Waals surface area (Å²) in [5.74, 6) is -0.193. The number of benzene rings is 1. The summed E-state index contributed by atoms with van der Waals surface area (Å²) in [5.41, 5.74) is 1.71. The number of anilines is 1. The summed E-state index contributed by atoms with van der Waals surface area (Å²) < 4.78 is 0. The smallest absolute Gasteiger partial charge is 0.252 e. The number of nitrogens with zero attached hydrogens (tertiary/aromatic N) is 1. The minimum atomic E-state index is -0.480. The Morgan fingerprint density at radius 3 is 2.68 bits per heavy atom. The van der Waals surface area contributed by atoms with E-state index in [4.69, 9.17) is 11.6 Å². The van der Waals surface area contributed by atoms with Gasteiger partial charge in [-0.1, -0.05) is 23.7 Å². The molecular weight excluding hydrogens is 264 g/mol. The van der Waals surface area contributed by atoms with Crippen LogP contribution in [0.2, 0.25) is 5.02 Å². The van der Waals surface area contributed by atoms with Crippen molar-refractivity contribution in [3.8, 4) is 0 Å². The molecular formula is C14H15ClN2O2. The summed E-state index contributed by atoms with van der Waals surface area (Å²) in [4.78, 5) is 25.5. The normalized spacial score (nSPS) is 23.1. The van der Waals surface area contributed by atoms with Gasteiger partial charge in [0.2, 0.25) is 5.91 Å². The molecule has 1 aliphatic heterocycles. The fraction of sp³-hybridized carbons (Fsp3) is 0.429. The van der Waals surface area contributed by atoms with Gasteiger partial charge in [0.1, 0.15) is 6.04 Å². The van der Waals surface area contributed by atoms with Crippen LogP contribution in [0.4, 0.5) is 5.69 Å². The lowest BCUT2D eigenvalue weighted by Gasteiger charge is -2.17. The standard InChI is InChI=1S/C14H15ClN2O2/c1-8-3-2-4-10(15)13(8)16-11-7-12(18)17(14(11)19)9-5-6-9/h2-4,9,11,16H,5-7H2,1H3. The van der Waals surface area contributed by atoms with Crippen LogP contribution in [0.3, 0.4) is 0 Å². The number of carbonyl (C=O) groups excluding carboxylic acids is 2. The zero-order chi connectivity index (χ0) is 13.6. The van der Waals surface area contributed by atoms with Crippen molar-refractivity contribution in [2.75, 3.05) is 5.32 Å². The van der Waals surface area contributed by atoms with E-state index in [1.165, 1.54) is 4.90 Å². The van der Waals surface area contributed by atoms with Crippen molar-refractivity contribution in [2.45, 2.75) is 38.3 Å². The number of halogens is 1. The summed E-state index contributed by atoms with van der Waals surface area (Å²) in [6, 6.07) is 5.22. The van der Waals surface area contributed by atoms with Crippen LogP contribution in [0.5, 0.6) is 0 Å². The molecule has 1 unspecified atom stereocenters. The maximum Gasteiger partial charge on any atom is 0.252 e. The van der Waals surface area contributed by atoms with Gasteiger partial charge < -0.3 is 5.32 Å². The van der Waals surface area contributed by atoms with E-state index in [2.05, 4.69) is 5.32 Å². The molecule has 1 heterocycles. The van der Waals surface area contributed by atoms with Crippen molar-refractivity contribution >= 4 is 29.1 Å². The van der Waals surface area contributed by atoms with Gasteiger partial charge in [0.25, 0.3) is 5.91 Å². The number of amides is 2. The van der Waals surface area contributed by atoms with Crippen molar-refractivity contribution in [1.82, 2.24) is 4.90 Å². The highest BCUT2D eigenvalue weighted by atomic mass is 35.5. The van der Waals surface area contributed by atoms with Crippen LogP contribution < -0.4 is 5.32 Å². The van der Waals surface area contributed by atoms with Gasteiger partial charge in [-0.3, -0.25) is 14.5 Å². The molecule has 0 radical (unpaired) electrons. The summed E-state index contributed by atoms with van der Waals surface area (Å²) in [6.45, 7) is 1.92. The number of nitrogens with one attached hydrogen (secondary N) is 1. The fourth-order valence-corrected chi connectivity index (χ4v) is 2.75. The van der Waals surface area contributed by atoms with Gasteiger partial charge in [-0.2, -0.15) is 0 Å². The third-order valence-electron chi connectivity index (χ3n) is 3.64. The topological polar surface area (TPSA) is 49.4 Å². The molecule has 19 heavy (non-hydrogen) atoms. The molecule has 100 valence electrons. The van der Waals surface area contributed by atoms with E-state index in [9.17, 15) is 9.59 Å². The van der Waals surface area contributed by atoms with Gasteiger partial charge in [-0.05, 0) is 31.4 Å². The average molecular weight is 279 g/mol. The number of hydrogen-bond acceptors (Lipinski definition) is 3. The SMILES string of the molecule is Cc1cccc(Cl)c1NC1CC(=O)N(C2CC2)C1=O. The van der Waals surface area contributed by atoms with Gasteiger partial charge in [-0.25, -0.2) is 0 Å². The predicted octanol–water partition coefficient (Wildman–Crippen LogP) is 2.35. The molecule has 1 saturated heterocycles. The molecule has 1 saturated carbocycles. The largest absolute Gasteiger partial charge is 0.372 e. The number of rotatable bonds is 3. The van der Waals surface area contributed by atoms with Crippen molar-refractivity contribution in [2.24, 2.45) is 0 Å². The van der Waals surface area contributed by atoms with Crippen molar-refractivity contribution < 1.29 is 9.59 Å². The van der Waals surface area contributed by atoms with Crippen LogP contribution in [0.1, 0.15) is 24.8 Å². The Morgan fingerprint density at radius 2 is 2.05 bits per heavy atom. The van der Waals surface area contributed by atoms with Gasteiger partial charge in [0, 0.05) is 6.04 Å². The van der Waals surface area contributed by atoms with Gasteiger partial charge in [-0.15, -0.1) is 0 Å². The Balaban J connectivity index is 1.81. The third kappa shape index (κ3) is 2.21. The molecule has 2 aliphatic rings. The van der Waals surface area contributed by atoms with E-state index in [-0.39, 0.29) is 24.3 Å². The maximum absolute atomic E-state index is 12.2. The van der Waals surface area contributed by atoms with Crippen LogP contribution in [0.15, 0.2) is 18.2 Å². The molecule has 1 N–H and O–H groups in total. The Morgan fingerprint density at radius 1 is 1.32 bits per heavy atom. The van der Waals surface area contributed by atoms with E-state index in [0.29, 0.717) is 5.02 Å². The Hall–Kier alpha value is -1.55. The molecule has 1 aromatic rings. The number of aryl methyl sites for hydroxylation is 1. The first-order chi connectivity index (χ1) is 9.08. The minimum absolute atomic E-state index is 0.0743. The van der Waals surface area contributed by atoms with Crippen LogP contribution in [-0.2, 0) is 9.59 Å². The van der Waals surface area contributed by atoms with Crippen LogP contribution >= 0.6 is 11.6 Å². The molecule has 0 spiro atoms. The number of carbonyl (C=O) groups is 2. The monoisotopic (exact) mass is 278 g/mol. The van der Waals surface area contributed by atoms with E-state index < -0.39 is 6.04 Å². The van der Waals surface area contributed by atoms with Crippen LogP contribution in [0, 0.1) is 6.92 Å². The summed E-state index contributed by atoms with van der Waals surface area (Å²) in [5, 5.41) is 3.70. The molecule has 4 nitrogen and oxygen atoms in total. The Kier molecular flexibility index (Phi) is 2.97. The molecule has 2 fully saturated rings. The lowest BCUT2D eigenvalue weighted by atomic mass is 10.1. The molecule has 1 atom stereocenters. The number of likely N-dealkylation sites (tertiary alicyclic amines) is 1. The molecule has 0 bridgehead atoms. The number of hydrogen-bond donors (Lipinski definition) is 1. The fourth-order valence-electron chi connectivity index (χ4n) is 2.47. The first-order valence-electron chi connectivity index (χ1n) is 6.45. The summed E-state index contributed by atoms with van der Waals surface area (Å²) in [7, 11) is 0. The summed E-state index contributed by atoms with van der Waals surface area (Å²) >= 11 is 6.13. The Labute approximate surface area is 116 Å². The maximum atomic E-state index is 12.2. The molecule has 5 heteroatoms. The highest BCUT2D eigenvalue weighted by molar-refractivity contribution is 6.33. The first kappa shape index (κ1) is 12.5. The highest BCUT2D eigenvalue weighted by Gasteiger charge is 2.46. The number of para-hydroxylation sites is 1. The quantitative estimate of drug-likeness (QED) is 0.864. The van der Waals surface area contributed by atoms with Crippen LogP contribution in [0.25, 0.3) is 0 Å². The lowest BCUT2D eigenvalue weighted by molar-refractivity contribution is -0.139. The molecule has 1 aromatic carbocycles. The van der Waals surface area contributed by atoms with E-state index in [1.807, 2.05) is 19.1 Å². The molecule has 0 aromatic heterocycles. The lowest BCUT2D eigenvalue weighted by Crippen LogP contribution is -2.36. The second kappa shape index (κ2) is 4.53. The van der Waals surface area contributed by atoms with E-state index in [1.54, 1.807) is 6.07 Å². The van der Waals surface area contributed by atoms with Gasteiger partial charge in [0.15, 0.2) is 0 Å². The predicted molar refractivity (Wildman–Crippen MR) is 73.1 cm³/mol. The van der Waals surface area contributed by atoms with E-state index in [0.717, 1.165) is 24.1 Å². The number of imide groups is 1. The summed E-state index contributed by atoms with van der Waals surface area (Å²) in [6.07, 6.45) is 2.10. The second-order valence-corrected chi connectivity index (χ2v) is 5.57. The zero-order valence-electron chi connectivity index (χ0n) is 10.6. The van der Waals surface area contributed by atoms with Crippen molar-refractivity contribution in [3.63, 3.8) is 0 Å². The van der Waals surface area contributed by atoms with E-state index >= 15 is 0 Å². The second-order valence-electron chi connectivity index (χ2n) is 5.17. The molecule has 2 amide bonds. The third-order valence-corrected chi connectivity index (χ3v) is 3.95. The van der Waals surface area contributed by atoms with Crippen molar-refractivity contribution in [1.29, 1.82) is 0 Å².